The maximum Gasteiger partial charge on any atom is 0.226 e. The van der Waals surface area contributed by atoms with E-state index in [1.165, 1.54) is 18.4 Å². The lowest BCUT2D eigenvalue weighted by Crippen LogP contribution is -2.44. The quantitative estimate of drug-likeness (QED) is 0.815. The SMILES string of the molecule is Cc1cccc(CC(=O)N2CCC3(CCC(=O)N(CC4CC4)CC3)CC2)c1. The highest BCUT2D eigenvalue weighted by molar-refractivity contribution is 5.79. The molecule has 1 aromatic carbocycles. The van der Waals surface area contributed by atoms with Gasteiger partial charge in [0.2, 0.25) is 11.8 Å². The van der Waals surface area contributed by atoms with Gasteiger partial charge in [-0.25, -0.2) is 0 Å². The van der Waals surface area contributed by atoms with Gasteiger partial charge in [0, 0.05) is 32.6 Å². The third kappa shape index (κ3) is 4.53. The molecule has 0 unspecified atom stereocenters. The van der Waals surface area contributed by atoms with Crippen LogP contribution in [0.1, 0.15) is 56.1 Å². The highest BCUT2D eigenvalue weighted by Crippen LogP contribution is 2.42. The van der Waals surface area contributed by atoms with E-state index in [1.807, 2.05) is 17.0 Å². The summed E-state index contributed by atoms with van der Waals surface area (Å²) in [6, 6.07) is 8.24. The third-order valence-corrected chi connectivity index (χ3v) is 6.92. The molecular formula is C23H32N2O2. The van der Waals surface area contributed by atoms with Gasteiger partial charge in [-0.3, -0.25) is 9.59 Å². The van der Waals surface area contributed by atoms with Gasteiger partial charge in [0.15, 0.2) is 0 Å². The van der Waals surface area contributed by atoms with E-state index in [4.69, 9.17) is 0 Å². The number of likely N-dealkylation sites (tertiary alicyclic amines) is 2. The number of hydrogen-bond donors (Lipinski definition) is 0. The largest absolute Gasteiger partial charge is 0.342 e. The molecule has 1 aliphatic carbocycles. The standard InChI is InChI=1S/C23H32N2O2/c1-18-3-2-4-20(15-18)16-22(27)24-12-9-23(10-13-24)8-7-21(26)25(14-11-23)17-19-5-6-19/h2-4,15,19H,5-14,16-17H2,1H3. The van der Waals surface area contributed by atoms with Crippen LogP contribution in [0.3, 0.4) is 0 Å². The van der Waals surface area contributed by atoms with Gasteiger partial charge in [-0.15, -0.1) is 0 Å². The fraction of sp³-hybridized carbons (Fsp3) is 0.652. The Morgan fingerprint density at radius 1 is 1.11 bits per heavy atom. The van der Waals surface area contributed by atoms with Gasteiger partial charge in [-0.2, -0.15) is 0 Å². The van der Waals surface area contributed by atoms with Crippen LogP contribution in [0, 0.1) is 18.3 Å². The minimum Gasteiger partial charge on any atom is -0.342 e. The van der Waals surface area contributed by atoms with E-state index < -0.39 is 0 Å². The molecule has 0 bridgehead atoms. The molecule has 0 aromatic heterocycles. The predicted molar refractivity (Wildman–Crippen MR) is 106 cm³/mol. The molecule has 4 rings (SSSR count). The molecule has 3 fully saturated rings. The van der Waals surface area contributed by atoms with Crippen LogP contribution in [-0.4, -0.2) is 47.8 Å². The Hall–Kier alpha value is -1.84. The Bertz CT molecular complexity index is 702. The molecule has 146 valence electrons. The minimum atomic E-state index is 0.246. The average molecular weight is 369 g/mol. The highest BCUT2D eigenvalue weighted by atomic mass is 16.2. The van der Waals surface area contributed by atoms with Crippen LogP contribution in [0.4, 0.5) is 0 Å². The zero-order chi connectivity index (χ0) is 18.9. The lowest BCUT2D eigenvalue weighted by atomic mass is 9.73. The Morgan fingerprint density at radius 2 is 1.85 bits per heavy atom. The van der Waals surface area contributed by atoms with Gasteiger partial charge in [0.05, 0.1) is 6.42 Å². The smallest absolute Gasteiger partial charge is 0.226 e. The first-order valence-electron chi connectivity index (χ1n) is 10.6. The van der Waals surface area contributed by atoms with Crippen molar-refractivity contribution in [3.05, 3.63) is 35.4 Å². The van der Waals surface area contributed by atoms with Crippen molar-refractivity contribution < 1.29 is 9.59 Å². The second-order valence-electron chi connectivity index (χ2n) is 9.08. The normalized spacial score (nSPS) is 22.8. The number of nitrogens with zero attached hydrogens (tertiary/aromatic N) is 2. The summed E-state index contributed by atoms with van der Waals surface area (Å²) < 4.78 is 0. The molecule has 3 aliphatic rings. The van der Waals surface area contributed by atoms with Crippen molar-refractivity contribution in [3.63, 3.8) is 0 Å². The van der Waals surface area contributed by atoms with Crippen LogP contribution in [0.5, 0.6) is 0 Å². The maximum absolute atomic E-state index is 12.7. The Labute approximate surface area is 162 Å². The van der Waals surface area contributed by atoms with Crippen molar-refractivity contribution >= 4 is 11.8 Å². The van der Waals surface area contributed by atoms with E-state index in [2.05, 4.69) is 24.0 Å². The van der Waals surface area contributed by atoms with E-state index in [9.17, 15) is 9.59 Å². The van der Waals surface area contributed by atoms with Crippen molar-refractivity contribution in [3.8, 4) is 0 Å². The van der Waals surface area contributed by atoms with Crippen molar-refractivity contribution in [2.24, 2.45) is 11.3 Å². The summed E-state index contributed by atoms with van der Waals surface area (Å²) in [7, 11) is 0. The minimum absolute atomic E-state index is 0.246. The molecule has 2 saturated heterocycles. The fourth-order valence-electron chi connectivity index (χ4n) is 4.80. The molecule has 0 atom stereocenters. The van der Waals surface area contributed by atoms with Crippen LogP contribution >= 0.6 is 0 Å². The molecule has 4 heteroatoms. The first-order chi connectivity index (χ1) is 13.0. The van der Waals surface area contributed by atoms with Gasteiger partial charge < -0.3 is 9.80 Å². The fourth-order valence-corrected chi connectivity index (χ4v) is 4.80. The van der Waals surface area contributed by atoms with Crippen molar-refractivity contribution in [2.75, 3.05) is 26.2 Å². The lowest BCUT2D eigenvalue weighted by Gasteiger charge is -2.41. The molecule has 1 aromatic rings. The van der Waals surface area contributed by atoms with Crippen LogP contribution in [0.2, 0.25) is 0 Å². The first kappa shape index (κ1) is 18.5. The summed E-state index contributed by atoms with van der Waals surface area (Å²) in [5, 5.41) is 0. The summed E-state index contributed by atoms with van der Waals surface area (Å²) in [6.07, 6.45) is 8.03. The summed E-state index contributed by atoms with van der Waals surface area (Å²) in [6.45, 7) is 5.67. The Kier molecular flexibility index (Phi) is 5.25. The number of hydrogen-bond acceptors (Lipinski definition) is 2. The van der Waals surface area contributed by atoms with Crippen LogP contribution in [0.25, 0.3) is 0 Å². The number of aryl methyl sites for hydroxylation is 1. The molecule has 4 nitrogen and oxygen atoms in total. The van der Waals surface area contributed by atoms with Gasteiger partial charge in [0.1, 0.15) is 0 Å². The van der Waals surface area contributed by atoms with E-state index in [0.717, 1.165) is 63.3 Å². The molecule has 2 aliphatic heterocycles. The van der Waals surface area contributed by atoms with E-state index in [1.54, 1.807) is 0 Å². The summed E-state index contributed by atoms with van der Waals surface area (Å²) >= 11 is 0. The zero-order valence-corrected chi connectivity index (χ0v) is 16.6. The van der Waals surface area contributed by atoms with Crippen LogP contribution < -0.4 is 0 Å². The van der Waals surface area contributed by atoms with Gasteiger partial charge >= 0.3 is 0 Å². The van der Waals surface area contributed by atoms with E-state index in [0.29, 0.717) is 18.7 Å². The maximum atomic E-state index is 12.7. The summed E-state index contributed by atoms with van der Waals surface area (Å²) in [5.74, 6) is 1.37. The topological polar surface area (TPSA) is 40.6 Å². The predicted octanol–water partition coefficient (Wildman–Crippen LogP) is 3.57. The second-order valence-corrected chi connectivity index (χ2v) is 9.08. The number of amides is 2. The van der Waals surface area contributed by atoms with Crippen molar-refractivity contribution in [1.82, 2.24) is 9.80 Å². The van der Waals surface area contributed by atoms with E-state index >= 15 is 0 Å². The van der Waals surface area contributed by atoms with Crippen molar-refractivity contribution in [2.45, 2.75) is 58.3 Å². The zero-order valence-electron chi connectivity index (χ0n) is 16.6. The molecule has 0 N–H and O–H groups in total. The molecule has 1 saturated carbocycles. The number of benzene rings is 1. The van der Waals surface area contributed by atoms with Crippen LogP contribution in [0.15, 0.2) is 24.3 Å². The van der Waals surface area contributed by atoms with E-state index in [-0.39, 0.29) is 11.3 Å². The number of carbonyl (C=O) groups excluding carboxylic acids is 2. The molecule has 2 amide bonds. The van der Waals surface area contributed by atoms with Gasteiger partial charge in [0.25, 0.3) is 0 Å². The average Bonchev–Trinajstić information content (AvgIpc) is 3.48. The Balaban J connectivity index is 1.31. The van der Waals surface area contributed by atoms with Gasteiger partial charge in [-0.1, -0.05) is 29.8 Å². The van der Waals surface area contributed by atoms with Crippen molar-refractivity contribution in [1.29, 1.82) is 0 Å². The monoisotopic (exact) mass is 368 g/mol. The Morgan fingerprint density at radius 3 is 2.56 bits per heavy atom. The summed E-state index contributed by atoms with van der Waals surface area (Å²) in [5.41, 5.74) is 2.58. The number of piperidine rings is 1. The number of carbonyl (C=O) groups is 2. The lowest BCUT2D eigenvalue weighted by molar-refractivity contribution is -0.133. The molecule has 27 heavy (non-hydrogen) atoms. The molecule has 0 radical (unpaired) electrons. The first-order valence-corrected chi connectivity index (χ1v) is 10.6. The molecular weight excluding hydrogens is 336 g/mol. The molecule has 1 spiro atoms. The van der Waals surface area contributed by atoms with Crippen LogP contribution in [-0.2, 0) is 16.0 Å². The summed E-state index contributed by atoms with van der Waals surface area (Å²) in [4.78, 5) is 29.4. The number of rotatable bonds is 4. The molecule has 2 heterocycles. The van der Waals surface area contributed by atoms with Gasteiger partial charge in [-0.05, 0) is 62.3 Å². The second kappa shape index (κ2) is 7.65. The highest BCUT2D eigenvalue weighted by Gasteiger charge is 2.39. The third-order valence-electron chi connectivity index (χ3n) is 6.92.